The fraction of sp³-hybridized carbons (Fsp3) is 0.400. The van der Waals surface area contributed by atoms with E-state index in [4.69, 9.17) is 9.47 Å². The highest BCUT2D eigenvalue weighted by atomic mass is 16.7. The zero-order valence-electron chi connectivity index (χ0n) is 13.4. The van der Waals surface area contributed by atoms with Gasteiger partial charge in [0.05, 0.1) is 0 Å². The lowest BCUT2D eigenvalue weighted by molar-refractivity contribution is 0.173. The second-order valence-electron chi connectivity index (χ2n) is 6.68. The minimum Gasteiger partial charge on any atom is -0.453 e. The molecule has 0 radical (unpaired) electrons. The maximum atomic E-state index is 5.96. The zero-order valence-corrected chi connectivity index (χ0v) is 13.4. The Morgan fingerprint density at radius 2 is 2.04 bits per heavy atom. The molecule has 0 spiro atoms. The Morgan fingerprint density at radius 1 is 1.17 bits per heavy atom. The largest absolute Gasteiger partial charge is 0.453 e. The van der Waals surface area contributed by atoms with Crippen LogP contribution < -0.4 is 14.8 Å². The van der Waals surface area contributed by atoms with Crippen LogP contribution in [0, 0.1) is 0 Å². The Morgan fingerprint density at radius 3 is 2.96 bits per heavy atom. The molecule has 0 saturated heterocycles. The van der Waals surface area contributed by atoms with Crippen LogP contribution in [0.5, 0.6) is 11.5 Å². The molecule has 1 N–H and O–H groups in total. The van der Waals surface area contributed by atoms with Crippen molar-refractivity contribution in [3.63, 3.8) is 0 Å². The smallest absolute Gasteiger partial charge is 0.231 e. The summed E-state index contributed by atoms with van der Waals surface area (Å²) < 4.78 is 11.9. The first-order chi connectivity index (χ1) is 11.4. The molecule has 23 heavy (non-hydrogen) atoms. The summed E-state index contributed by atoms with van der Waals surface area (Å²) in [6.07, 6.45) is 4.37. The van der Waals surface area contributed by atoms with Gasteiger partial charge in [0.1, 0.15) is 0 Å². The summed E-state index contributed by atoms with van der Waals surface area (Å²) in [7, 11) is 0. The van der Waals surface area contributed by atoms with Crippen LogP contribution >= 0.6 is 0 Å². The van der Waals surface area contributed by atoms with Gasteiger partial charge in [0.25, 0.3) is 0 Å². The van der Waals surface area contributed by atoms with Crippen LogP contribution in [0.25, 0.3) is 11.1 Å². The third-order valence-corrected chi connectivity index (χ3v) is 5.40. The van der Waals surface area contributed by atoms with E-state index in [0.717, 1.165) is 43.7 Å². The van der Waals surface area contributed by atoms with Crippen molar-refractivity contribution in [2.75, 3.05) is 13.3 Å². The van der Waals surface area contributed by atoms with Gasteiger partial charge in [-0.3, -0.25) is 0 Å². The zero-order chi connectivity index (χ0) is 15.4. The minimum absolute atomic E-state index is 0.349. The van der Waals surface area contributed by atoms with Crippen molar-refractivity contribution in [1.29, 1.82) is 0 Å². The molecule has 2 aromatic carbocycles. The SMILES string of the molecule is CCCc1c2c3c(c4c1OCO4)-c1ccccc1CC3NCC2. The average Bonchev–Trinajstić information content (AvgIpc) is 3.07. The first-order valence-electron chi connectivity index (χ1n) is 8.67. The number of ether oxygens (including phenoxy) is 2. The molecule has 5 rings (SSSR count). The molecule has 2 aliphatic heterocycles. The van der Waals surface area contributed by atoms with E-state index >= 15 is 0 Å². The number of benzene rings is 2. The topological polar surface area (TPSA) is 30.5 Å². The Bertz CT molecular complexity index is 797. The quantitative estimate of drug-likeness (QED) is 0.916. The van der Waals surface area contributed by atoms with Crippen molar-refractivity contribution in [1.82, 2.24) is 5.32 Å². The molecule has 1 unspecified atom stereocenters. The first kappa shape index (κ1) is 13.4. The van der Waals surface area contributed by atoms with E-state index < -0.39 is 0 Å². The average molecular weight is 307 g/mol. The van der Waals surface area contributed by atoms with Crippen molar-refractivity contribution in [2.24, 2.45) is 0 Å². The van der Waals surface area contributed by atoms with Gasteiger partial charge in [-0.15, -0.1) is 0 Å². The van der Waals surface area contributed by atoms with Gasteiger partial charge in [-0.2, -0.15) is 0 Å². The summed E-state index contributed by atoms with van der Waals surface area (Å²) >= 11 is 0. The number of fused-ring (bicyclic) bond motifs is 4. The van der Waals surface area contributed by atoms with Crippen molar-refractivity contribution in [2.45, 2.75) is 38.6 Å². The Labute approximate surface area is 136 Å². The lowest BCUT2D eigenvalue weighted by Gasteiger charge is -2.36. The predicted octanol–water partition coefficient (Wildman–Crippen LogP) is 3.78. The third-order valence-electron chi connectivity index (χ3n) is 5.40. The van der Waals surface area contributed by atoms with E-state index in [-0.39, 0.29) is 0 Å². The van der Waals surface area contributed by atoms with Crippen LogP contribution in [0.2, 0.25) is 0 Å². The molecule has 1 atom stereocenters. The van der Waals surface area contributed by atoms with Crippen LogP contribution in [0.4, 0.5) is 0 Å². The van der Waals surface area contributed by atoms with Gasteiger partial charge in [-0.05, 0) is 48.1 Å². The van der Waals surface area contributed by atoms with E-state index in [1.165, 1.54) is 33.4 Å². The van der Waals surface area contributed by atoms with E-state index in [1.807, 2.05) is 0 Å². The summed E-state index contributed by atoms with van der Waals surface area (Å²) in [5.74, 6) is 1.99. The lowest BCUT2D eigenvalue weighted by Crippen LogP contribution is -2.34. The van der Waals surface area contributed by atoms with E-state index in [1.54, 1.807) is 0 Å². The molecule has 0 amide bonds. The Balaban J connectivity index is 1.87. The molecule has 0 aromatic heterocycles. The van der Waals surface area contributed by atoms with Gasteiger partial charge in [0.15, 0.2) is 11.5 Å². The van der Waals surface area contributed by atoms with Crippen molar-refractivity contribution >= 4 is 0 Å². The standard InChI is InChI=1S/C20H21NO2/c1-2-5-15-14-8-9-21-16-10-12-6-3-4-7-13(12)18(17(14)16)20-19(15)22-11-23-20/h3-4,6-7,16,21H,2,5,8-11H2,1H3. The van der Waals surface area contributed by atoms with Crippen molar-refractivity contribution < 1.29 is 9.47 Å². The molecule has 2 aromatic rings. The molecule has 0 fully saturated rings. The van der Waals surface area contributed by atoms with E-state index in [2.05, 4.69) is 36.5 Å². The van der Waals surface area contributed by atoms with Crippen molar-refractivity contribution in [3.05, 3.63) is 46.5 Å². The van der Waals surface area contributed by atoms with Gasteiger partial charge < -0.3 is 14.8 Å². The molecule has 3 nitrogen and oxygen atoms in total. The second kappa shape index (κ2) is 5.00. The summed E-state index contributed by atoms with van der Waals surface area (Å²) in [4.78, 5) is 0. The van der Waals surface area contributed by atoms with Crippen LogP contribution in [0.3, 0.4) is 0 Å². The molecule has 3 aliphatic rings. The molecule has 118 valence electrons. The normalized spacial score (nSPS) is 20.1. The molecule has 3 heteroatoms. The highest BCUT2D eigenvalue weighted by Crippen LogP contribution is 2.54. The fourth-order valence-corrected chi connectivity index (χ4v) is 4.52. The summed E-state index contributed by atoms with van der Waals surface area (Å²) in [6.45, 7) is 3.64. The van der Waals surface area contributed by atoms with Crippen LogP contribution in [0.1, 0.15) is 41.6 Å². The van der Waals surface area contributed by atoms with E-state index in [9.17, 15) is 0 Å². The molecule has 0 saturated carbocycles. The first-order valence-corrected chi connectivity index (χ1v) is 8.67. The highest BCUT2D eigenvalue weighted by Gasteiger charge is 2.37. The van der Waals surface area contributed by atoms with Crippen LogP contribution in [-0.2, 0) is 19.3 Å². The van der Waals surface area contributed by atoms with E-state index in [0.29, 0.717) is 12.8 Å². The Hall–Kier alpha value is -2.00. The summed E-state index contributed by atoms with van der Waals surface area (Å²) in [6, 6.07) is 9.16. The van der Waals surface area contributed by atoms with Crippen molar-refractivity contribution in [3.8, 4) is 22.6 Å². The highest BCUT2D eigenvalue weighted by molar-refractivity contribution is 5.85. The molecular formula is C20H21NO2. The summed E-state index contributed by atoms with van der Waals surface area (Å²) in [5.41, 5.74) is 8.41. The maximum Gasteiger partial charge on any atom is 0.231 e. The Kier molecular flexibility index (Phi) is 2.92. The van der Waals surface area contributed by atoms with Gasteiger partial charge in [0, 0.05) is 17.2 Å². The number of nitrogens with one attached hydrogen (secondary N) is 1. The third kappa shape index (κ3) is 1.80. The van der Waals surface area contributed by atoms with Gasteiger partial charge in [0.2, 0.25) is 6.79 Å². The fourth-order valence-electron chi connectivity index (χ4n) is 4.52. The predicted molar refractivity (Wildman–Crippen MR) is 90.1 cm³/mol. The van der Waals surface area contributed by atoms with Crippen LogP contribution in [-0.4, -0.2) is 13.3 Å². The van der Waals surface area contributed by atoms with Crippen LogP contribution in [0.15, 0.2) is 24.3 Å². The van der Waals surface area contributed by atoms with Gasteiger partial charge >= 0.3 is 0 Å². The lowest BCUT2D eigenvalue weighted by atomic mass is 9.75. The number of hydrogen-bond acceptors (Lipinski definition) is 3. The second-order valence-corrected chi connectivity index (χ2v) is 6.68. The van der Waals surface area contributed by atoms with Gasteiger partial charge in [-0.1, -0.05) is 37.6 Å². The summed E-state index contributed by atoms with van der Waals surface area (Å²) in [5, 5.41) is 3.72. The molecular weight excluding hydrogens is 286 g/mol. The molecule has 2 heterocycles. The monoisotopic (exact) mass is 307 g/mol. The number of rotatable bonds is 2. The maximum absolute atomic E-state index is 5.96. The van der Waals surface area contributed by atoms with Gasteiger partial charge in [-0.25, -0.2) is 0 Å². The number of hydrogen-bond donors (Lipinski definition) is 1. The molecule has 1 aliphatic carbocycles. The minimum atomic E-state index is 0.349. The molecule has 0 bridgehead atoms.